The lowest BCUT2D eigenvalue weighted by molar-refractivity contribution is 0.300. The van der Waals surface area contributed by atoms with Gasteiger partial charge in [-0.2, -0.15) is 0 Å². The van der Waals surface area contributed by atoms with Crippen LogP contribution in [0.4, 0.5) is 0 Å². The van der Waals surface area contributed by atoms with Crippen LogP contribution in [0.15, 0.2) is 42.5 Å². The summed E-state index contributed by atoms with van der Waals surface area (Å²) in [5.41, 5.74) is 1.10. The molecule has 0 saturated heterocycles. The van der Waals surface area contributed by atoms with Crippen molar-refractivity contribution < 1.29 is 4.74 Å². The molecule has 0 unspecified atom stereocenters. The summed E-state index contributed by atoms with van der Waals surface area (Å²) in [6.45, 7) is 0.580. The number of benzene rings is 2. The van der Waals surface area contributed by atoms with Crippen molar-refractivity contribution in [1.82, 2.24) is 0 Å². The van der Waals surface area contributed by atoms with E-state index in [0.717, 1.165) is 16.3 Å². The first-order valence-corrected chi connectivity index (χ1v) is 5.22. The molecule has 15 heavy (non-hydrogen) atoms. The zero-order valence-corrected chi connectivity index (χ0v) is 8.79. The van der Waals surface area contributed by atoms with Crippen molar-refractivity contribution in [2.45, 2.75) is 6.61 Å². The number of hydrogen-bond acceptors (Lipinski definition) is 1. The molecule has 0 atom stereocenters. The summed E-state index contributed by atoms with van der Waals surface area (Å²) in [7, 11) is 0. The monoisotopic (exact) mass is 216 g/mol. The molecule has 0 radical (unpaired) electrons. The topological polar surface area (TPSA) is 9.23 Å². The van der Waals surface area contributed by atoms with Crippen molar-refractivity contribution in [3.63, 3.8) is 0 Å². The normalized spacial score (nSPS) is 11.3. The van der Waals surface area contributed by atoms with Crippen LogP contribution in [0, 0.1) is 10.4 Å². The maximum absolute atomic E-state index is 5.88. The van der Waals surface area contributed by atoms with Crippen LogP contribution in [0.25, 0.3) is 0 Å². The lowest BCUT2D eigenvalue weighted by atomic mass is 10.1. The average molecular weight is 217 g/mol. The fourth-order valence-electron chi connectivity index (χ4n) is 1.66. The second-order valence-electron chi connectivity index (χ2n) is 3.63. The molecule has 0 amide bonds. The van der Waals surface area contributed by atoms with Gasteiger partial charge in [0.1, 0.15) is 12.4 Å². The highest BCUT2D eigenvalue weighted by Crippen LogP contribution is 2.25. The Hall–Kier alpha value is -1.47. The number of ether oxygens (including phenoxy) is 1. The van der Waals surface area contributed by atoms with Crippen LogP contribution in [-0.4, -0.2) is 0 Å². The first-order chi connectivity index (χ1) is 7.33. The molecule has 3 rings (SSSR count). The molecule has 0 saturated carbocycles. The Balaban J connectivity index is 1.71. The van der Waals surface area contributed by atoms with E-state index in [4.69, 9.17) is 16.3 Å². The summed E-state index contributed by atoms with van der Waals surface area (Å²) in [6, 6.07) is 13.9. The van der Waals surface area contributed by atoms with Crippen LogP contribution in [-0.2, 0) is 6.61 Å². The molecule has 2 aliphatic rings. The molecular formula is C13H9ClO. The molecule has 0 bridgehead atoms. The van der Waals surface area contributed by atoms with Gasteiger partial charge in [-0.25, -0.2) is 0 Å². The molecular weight excluding hydrogens is 208 g/mol. The second kappa shape index (κ2) is 3.28. The van der Waals surface area contributed by atoms with E-state index >= 15 is 0 Å². The van der Waals surface area contributed by atoms with E-state index < -0.39 is 0 Å². The fourth-order valence-corrected chi connectivity index (χ4v) is 1.87. The van der Waals surface area contributed by atoms with Gasteiger partial charge in [-0.05, 0) is 29.0 Å². The maximum Gasteiger partial charge on any atom is 0.128 e. The van der Waals surface area contributed by atoms with Crippen molar-refractivity contribution in [1.29, 1.82) is 0 Å². The molecule has 0 N–H and O–H groups in total. The van der Waals surface area contributed by atoms with Crippen LogP contribution in [0.2, 0.25) is 5.02 Å². The molecule has 2 heteroatoms. The highest BCUT2D eigenvalue weighted by molar-refractivity contribution is 6.30. The smallest absolute Gasteiger partial charge is 0.128 e. The molecule has 74 valence electrons. The second-order valence-corrected chi connectivity index (χ2v) is 4.07. The van der Waals surface area contributed by atoms with E-state index in [1.165, 1.54) is 10.4 Å². The average Bonchev–Trinajstić information content (AvgIpc) is 2.20. The van der Waals surface area contributed by atoms with Crippen LogP contribution in [0.5, 0.6) is 5.75 Å². The highest BCUT2D eigenvalue weighted by atomic mass is 35.5. The van der Waals surface area contributed by atoms with Gasteiger partial charge in [0.05, 0.1) is 0 Å². The van der Waals surface area contributed by atoms with Gasteiger partial charge in [0.15, 0.2) is 0 Å². The zero-order valence-electron chi connectivity index (χ0n) is 8.03. The summed E-state index contributed by atoms with van der Waals surface area (Å²) in [5, 5.41) is 3.30. The number of rotatable bonds is 3. The van der Waals surface area contributed by atoms with Gasteiger partial charge in [-0.1, -0.05) is 35.9 Å². The van der Waals surface area contributed by atoms with Gasteiger partial charge in [-0.15, -0.1) is 0 Å². The first kappa shape index (κ1) is 8.81. The van der Waals surface area contributed by atoms with E-state index in [1.54, 1.807) is 0 Å². The Kier molecular flexibility index (Phi) is 1.93. The summed E-state index contributed by atoms with van der Waals surface area (Å²) in [6.07, 6.45) is 0. The van der Waals surface area contributed by atoms with E-state index in [1.807, 2.05) is 24.3 Å². The van der Waals surface area contributed by atoms with Crippen LogP contribution >= 0.6 is 11.6 Å². The molecule has 0 spiro atoms. The number of halogens is 1. The van der Waals surface area contributed by atoms with Gasteiger partial charge < -0.3 is 4.74 Å². The quantitative estimate of drug-likeness (QED) is 0.651. The Labute approximate surface area is 92.6 Å². The van der Waals surface area contributed by atoms with Gasteiger partial charge in [0.2, 0.25) is 0 Å². The Morgan fingerprint density at radius 2 is 2.00 bits per heavy atom. The highest BCUT2D eigenvalue weighted by Gasteiger charge is 2.06. The molecule has 1 nitrogen and oxygen atoms in total. The molecule has 1 aromatic rings. The summed E-state index contributed by atoms with van der Waals surface area (Å²) in [4.78, 5) is 0. The van der Waals surface area contributed by atoms with Gasteiger partial charge in [0.25, 0.3) is 0 Å². The molecule has 1 aromatic carbocycles. The molecule has 0 fully saturated rings. The maximum atomic E-state index is 5.88. The summed E-state index contributed by atoms with van der Waals surface area (Å²) in [5.74, 6) is 0.993. The third-order valence-electron chi connectivity index (χ3n) is 2.58. The van der Waals surface area contributed by atoms with Gasteiger partial charge in [0, 0.05) is 10.2 Å². The molecule has 0 aromatic heterocycles. The van der Waals surface area contributed by atoms with Crippen LogP contribution in [0.3, 0.4) is 0 Å². The first-order valence-electron chi connectivity index (χ1n) is 4.84. The van der Waals surface area contributed by atoms with Crippen molar-refractivity contribution in [3.05, 3.63) is 63.5 Å². The molecule has 0 heterocycles. The van der Waals surface area contributed by atoms with Gasteiger partial charge in [-0.3, -0.25) is 0 Å². The number of hydrogen-bond donors (Lipinski definition) is 0. The standard InChI is InChI=1S/C13H9ClO/c14-11-3-1-2-9(6-11)8-15-13-7-10-4-5-12(10)13/h1-7H,8H2. The third-order valence-corrected chi connectivity index (χ3v) is 2.81. The minimum atomic E-state index is 0.580. The molecule has 0 aliphatic heterocycles. The van der Waals surface area contributed by atoms with Crippen molar-refractivity contribution in [3.8, 4) is 5.75 Å². The summed E-state index contributed by atoms with van der Waals surface area (Å²) < 4.78 is 5.65. The Morgan fingerprint density at radius 3 is 2.60 bits per heavy atom. The predicted octanol–water partition coefficient (Wildman–Crippen LogP) is 3.52. The van der Waals surface area contributed by atoms with E-state index in [2.05, 4.69) is 18.2 Å². The van der Waals surface area contributed by atoms with Crippen molar-refractivity contribution in [2.75, 3.05) is 0 Å². The minimum Gasteiger partial charge on any atom is -0.488 e. The summed E-state index contributed by atoms with van der Waals surface area (Å²) >= 11 is 5.88. The minimum absolute atomic E-state index is 0.580. The van der Waals surface area contributed by atoms with E-state index in [9.17, 15) is 0 Å². The lowest BCUT2D eigenvalue weighted by Gasteiger charge is -2.13. The third kappa shape index (κ3) is 1.49. The zero-order chi connectivity index (χ0) is 10.3. The predicted molar refractivity (Wildman–Crippen MR) is 59.9 cm³/mol. The van der Waals surface area contributed by atoms with Crippen LogP contribution in [0.1, 0.15) is 5.56 Å². The molecule has 2 aliphatic carbocycles. The SMILES string of the molecule is Clc1cccc(COc2cc3ccc2=3)c1. The lowest BCUT2D eigenvalue weighted by Crippen LogP contribution is -2.00. The fraction of sp³-hybridized carbons (Fsp3) is 0.0769. The van der Waals surface area contributed by atoms with Gasteiger partial charge >= 0.3 is 0 Å². The Bertz CT molecular complexity index is 604. The Morgan fingerprint density at radius 1 is 1.07 bits per heavy atom. The van der Waals surface area contributed by atoms with Crippen molar-refractivity contribution in [2.24, 2.45) is 0 Å². The van der Waals surface area contributed by atoms with Crippen molar-refractivity contribution >= 4 is 11.6 Å². The van der Waals surface area contributed by atoms with E-state index in [0.29, 0.717) is 6.61 Å². The largest absolute Gasteiger partial charge is 0.488 e. The van der Waals surface area contributed by atoms with E-state index in [-0.39, 0.29) is 0 Å². The van der Waals surface area contributed by atoms with Crippen LogP contribution < -0.4 is 4.74 Å².